The summed E-state index contributed by atoms with van der Waals surface area (Å²) >= 11 is 0. The van der Waals surface area contributed by atoms with E-state index in [1.54, 1.807) is 6.07 Å². The highest BCUT2D eigenvalue weighted by atomic mass is 16.2. The monoisotopic (exact) mass is 415 g/mol. The van der Waals surface area contributed by atoms with E-state index in [1.165, 1.54) is 18.3 Å². The molecule has 0 radical (unpaired) electrons. The average Bonchev–Trinajstić information content (AvgIpc) is 2.60. The molecule has 0 aliphatic rings. The standard InChI is InChI=1S/C18H25N9O3/c1-18(2,3)8-23-17-22-7-10(13(19)28)14(27-17)24-9-4-5-11(25-15(20)29)12(6-9)26-16(21)30/h4-7H,8H2,1-3H3,(H2,19,28)(H3,20,25,29)(H3,21,26,30)(H2,22,23,24,27). The number of nitrogens with one attached hydrogen (secondary N) is 4. The van der Waals surface area contributed by atoms with Crippen molar-refractivity contribution < 1.29 is 14.4 Å². The summed E-state index contributed by atoms with van der Waals surface area (Å²) in [5.74, 6) is -0.253. The Balaban J connectivity index is 2.37. The highest BCUT2D eigenvalue weighted by Gasteiger charge is 2.16. The first-order valence-electron chi connectivity index (χ1n) is 8.89. The molecule has 2 rings (SSSR count). The number of hydrogen-bond donors (Lipinski definition) is 7. The van der Waals surface area contributed by atoms with Crippen LogP contribution in [0.25, 0.3) is 0 Å². The molecule has 0 unspecified atom stereocenters. The number of primary amides is 3. The first-order valence-corrected chi connectivity index (χ1v) is 8.89. The zero-order chi connectivity index (χ0) is 22.5. The Labute approximate surface area is 173 Å². The highest BCUT2D eigenvalue weighted by Crippen LogP contribution is 2.28. The van der Waals surface area contributed by atoms with E-state index in [2.05, 4.69) is 31.2 Å². The molecular formula is C18H25N9O3. The summed E-state index contributed by atoms with van der Waals surface area (Å²) in [5.41, 5.74) is 16.6. The molecule has 0 spiro atoms. The minimum Gasteiger partial charge on any atom is -0.365 e. The van der Waals surface area contributed by atoms with Gasteiger partial charge < -0.3 is 38.5 Å². The van der Waals surface area contributed by atoms with Crippen molar-refractivity contribution in [1.29, 1.82) is 0 Å². The maximum Gasteiger partial charge on any atom is 0.316 e. The number of carbonyl (C=O) groups is 3. The van der Waals surface area contributed by atoms with Gasteiger partial charge in [0.15, 0.2) is 0 Å². The van der Waals surface area contributed by atoms with Gasteiger partial charge in [0.25, 0.3) is 5.91 Å². The number of rotatable bonds is 7. The van der Waals surface area contributed by atoms with Gasteiger partial charge in [0.2, 0.25) is 5.95 Å². The first kappa shape index (κ1) is 22.2. The van der Waals surface area contributed by atoms with Gasteiger partial charge in [-0.05, 0) is 23.6 Å². The van der Waals surface area contributed by atoms with Gasteiger partial charge in [0.05, 0.1) is 11.4 Å². The summed E-state index contributed by atoms with van der Waals surface area (Å²) in [7, 11) is 0. The Kier molecular flexibility index (Phi) is 6.62. The zero-order valence-electron chi connectivity index (χ0n) is 16.9. The van der Waals surface area contributed by atoms with Crippen LogP contribution in [0.2, 0.25) is 0 Å². The normalized spacial score (nSPS) is 10.8. The van der Waals surface area contributed by atoms with E-state index < -0.39 is 18.0 Å². The average molecular weight is 415 g/mol. The van der Waals surface area contributed by atoms with Gasteiger partial charge in [-0.1, -0.05) is 20.8 Å². The number of anilines is 5. The molecule has 1 aromatic carbocycles. The number of carbonyl (C=O) groups excluding carboxylic acids is 3. The van der Waals surface area contributed by atoms with Gasteiger partial charge in [-0.3, -0.25) is 4.79 Å². The lowest BCUT2D eigenvalue weighted by atomic mass is 9.97. The molecule has 0 fully saturated rings. The third kappa shape index (κ3) is 6.51. The third-order valence-electron chi connectivity index (χ3n) is 3.63. The molecule has 10 N–H and O–H groups in total. The van der Waals surface area contributed by atoms with Crippen LogP contribution in [0.4, 0.5) is 38.4 Å². The van der Waals surface area contributed by atoms with Gasteiger partial charge >= 0.3 is 12.1 Å². The molecule has 12 nitrogen and oxygen atoms in total. The minimum absolute atomic E-state index is 0.0160. The molecule has 0 aliphatic heterocycles. The van der Waals surface area contributed by atoms with E-state index in [9.17, 15) is 14.4 Å². The van der Waals surface area contributed by atoms with E-state index in [1.807, 2.05) is 20.8 Å². The summed E-state index contributed by atoms with van der Waals surface area (Å²) in [6, 6.07) is 2.89. The van der Waals surface area contributed by atoms with Crippen LogP contribution in [0.3, 0.4) is 0 Å². The highest BCUT2D eigenvalue weighted by molar-refractivity contribution is 6.00. The SMILES string of the molecule is CC(C)(C)CNc1ncc(C(N)=O)c(Nc2ccc(NC(N)=O)c(NC(N)=O)c2)n1. The van der Waals surface area contributed by atoms with Gasteiger partial charge in [0, 0.05) is 18.4 Å². The molecular weight excluding hydrogens is 390 g/mol. The lowest BCUT2D eigenvalue weighted by molar-refractivity contribution is 0.100. The number of urea groups is 2. The number of hydrogen-bond acceptors (Lipinski definition) is 7. The van der Waals surface area contributed by atoms with E-state index in [0.717, 1.165) is 0 Å². The molecule has 12 heteroatoms. The molecule has 160 valence electrons. The second-order valence-corrected chi connectivity index (χ2v) is 7.60. The van der Waals surface area contributed by atoms with Crippen LogP contribution in [0.5, 0.6) is 0 Å². The van der Waals surface area contributed by atoms with Crippen LogP contribution in [0.15, 0.2) is 24.4 Å². The van der Waals surface area contributed by atoms with Crippen molar-refractivity contribution in [2.24, 2.45) is 22.6 Å². The molecule has 0 aliphatic carbocycles. The van der Waals surface area contributed by atoms with Crippen LogP contribution in [0.1, 0.15) is 31.1 Å². The minimum atomic E-state index is -0.840. The topological polar surface area (TPSA) is 203 Å². The predicted molar refractivity (Wildman–Crippen MR) is 115 cm³/mol. The van der Waals surface area contributed by atoms with Crippen LogP contribution < -0.4 is 38.5 Å². The van der Waals surface area contributed by atoms with E-state index in [4.69, 9.17) is 17.2 Å². The largest absolute Gasteiger partial charge is 0.365 e. The number of nitrogens with zero attached hydrogens (tertiary/aromatic N) is 2. The van der Waals surface area contributed by atoms with Crippen molar-refractivity contribution in [2.45, 2.75) is 20.8 Å². The van der Waals surface area contributed by atoms with Crippen molar-refractivity contribution in [3.63, 3.8) is 0 Å². The summed E-state index contributed by atoms with van der Waals surface area (Å²) in [4.78, 5) is 42.6. The summed E-state index contributed by atoms with van der Waals surface area (Å²) in [6.07, 6.45) is 1.31. The van der Waals surface area contributed by atoms with Gasteiger partial charge in [-0.15, -0.1) is 0 Å². The van der Waals surface area contributed by atoms with E-state index >= 15 is 0 Å². The molecule has 0 bridgehead atoms. The lowest BCUT2D eigenvalue weighted by Gasteiger charge is -2.19. The predicted octanol–water partition coefficient (Wildman–Crippen LogP) is 1.76. The molecule has 0 saturated heterocycles. The Morgan fingerprint density at radius 3 is 2.20 bits per heavy atom. The molecule has 0 saturated carbocycles. The Hall–Kier alpha value is -4.09. The molecule has 0 atom stereocenters. The Morgan fingerprint density at radius 2 is 1.63 bits per heavy atom. The van der Waals surface area contributed by atoms with Crippen molar-refractivity contribution >= 4 is 46.8 Å². The summed E-state index contributed by atoms with van der Waals surface area (Å²) in [6.45, 7) is 6.74. The van der Waals surface area contributed by atoms with Crippen LogP contribution in [0, 0.1) is 5.41 Å². The van der Waals surface area contributed by atoms with Crippen molar-refractivity contribution in [2.75, 3.05) is 27.8 Å². The molecule has 30 heavy (non-hydrogen) atoms. The van der Waals surface area contributed by atoms with Gasteiger partial charge in [-0.2, -0.15) is 4.98 Å². The fourth-order valence-corrected chi connectivity index (χ4v) is 2.32. The number of benzene rings is 1. The second-order valence-electron chi connectivity index (χ2n) is 7.60. The quantitative estimate of drug-likeness (QED) is 0.356. The maximum atomic E-state index is 11.8. The zero-order valence-corrected chi connectivity index (χ0v) is 16.9. The van der Waals surface area contributed by atoms with Crippen molar-refractivity contribution in [3.8, 4) is 0 Å². The lowest BCUT2D eigenvalue weighted by Crippen LogP contribution is -2.23. The second kappa shape index (κ2) is 8.94. The smallest absolute Gasteiger partial charge is 0.316 e. The van der Waals surface area contributed by atoms with Crippen molar-refractivity contribution in [3.05, 3.63) is 30.0 Å². The molecule has 1 aromatic heterocycles. The Morgan fingerprint density at radius 1 is 1.00 bits per heavy atom. The molecule has 5 amide bonds. The van der Waals surface area contributed by atoms with Gasteiger partial charge in [0.1, 0.15) is 11.4 Å². The number of amides is 5. The number of aromatic nitrogens is 2. The molecule has 1 heterocycles. The van der Waals surface area contributed by atoms with Crippen LogP contribution in [-0.2, 0) is 0 Å². The third-order valence-corrected chi connectivity index (χ3v) is 3.63. The fraction of sp³-hybridized carbons (Fsp3) is 0.278. The summed E-state index contributed by atoms with van der Waals surface area (Å²) < 4.78 is 0. The van der Waals surface area contributed by atoms with E-state index in [-0.39, 0.29) is 28.2 Å². The van der Waals surface area contributed by atoms with Crippen molar-refractivity contribution in [1.82, 2.24) is 9.97 Å². The van der Waals surface area contributed by atoms with Gasteiger partial charge in [-0.25, -0.2) is 14.6 Å². The number of nitrogens with two attached hydrogens (primary N) is 3. The van der Waals surface area contributed by atoms with Crippen LogP contribution >= 0.6 is 0 Å². The summed E-state index contributed by atoms with van der Waals surface area (Å²) in [5, 5.41) is 10.8. The van der Waals surface area contributed by atoms with Crippen LogP contribution in [-0.4, -0.2) is 34.5 Å². The fourth-order valence-electron chi connectivity index (χ4n) is 2.32. The molecule has 2 aromatic rings. The van der Waals surface area contributed by atoms with E-state index in [0.29, 0.717) is 18.2 Å². The maximum absolute atomic E-state index is 11.8. The first-order chi connectivity index (χ1) is 13.9. The Bertz CT molecular complexity index is 970.